The fourth-order valence-electron chi connectivity index (χ4n) is 3.26. The van der Waals surface area contributed by atoms with Crippen LogP contribution < -0.4 is 0 Å². The van der Waals surface area contributed by atoms with Gasteiger partial charge in [0.05, 0.1) is 0 Å². The maximum absolute atomic E-state index is 12.8. The van der Waals surface area contributed by atoms with Crippen LogP contribution in [0.3, 0.4) is 0 Å². The summed E-state index contributed by atoms with van der Waals surface area (Å²) in [5, 5.41) is 0. The summed E-state index contributed by atoms with van der Waals surface area (Å²) in [6, 6.07) is -0.420. The van der Waals surface area contributed by atoms with E-state index in [2.05, 4.69) is 20.8 Å². The molecule has 0 aromatic heterocycles. The van der Waals surface area contributed by atoms with E-state index in [0.29, 0.717) is 18.4 Å². The highest BCUT2D eigenvalue weighted by atomic mass is 16.2. The van der Waals surface area contributed by atoms with Crippen molar-refractivity contribution in [2.24, 2.45) is 11.8 Å². The summed E-state index contributed by atoms with van der Waals surface area (Å²) >= 11 is 0. The van der Waals surface area contributed by atoms with Gasteiger partial charge in [0.1, 0.15) is 12.1 Å². The Balaban J connectivity index is 2.20. The Hall–Kier alpha value is -1.06. The minimum absolute atomic E-state index is 0.174. The highest BCUT2D eigenvalue weighted by Gasteiger charge is 2.45. The number of piperidine rings is 1. The Bertz CT molecular complexity index is 381. The molecule has 0 radical (unpaired) electrons. The summed E-state index contributed by atoms with van der Waals surface area (Å²) in [5.41, 5.74) is 0. The van der Waals surface area contributed by atoms with Crippen molar-refractivity contribution >= 4 is 11.8 Å². The number of hydrogen-bond donors (Lipinski definition) is 0. The molecule has 20 heavy (non-hydrogen) atoms. The minimum atomic E-state index is -0.238. The molecule has 2 amide bonds. The quantitative estimate of drug-likeness (QED) is 0.792. The molecule has 0 spiro atoms. The topological polar surface area (TPSA) is 40.6 Å². The first-order valence-electron chi connectivity index (χ1n) is 8.08. The minimum Gasteiger partial charge on any atom is -0.329 e. The summed E-state index contributed by atoms with van der Waals surface area (Å²) < 4.78 is 0. The van der Waals surface area contributed by atoms with Gasteiger partial charge in [-0.3, -0.25) is 9.59 Å². The number of hydrogen-bond acceptors (Lipinski definition) is 2. The third-order valence-electron chi connectivity index (χ3n) is 5.02. The fourth-order valence-corrected chi connectivity index (χ4v) is 3.26. The van der Waals surface area contributed by atoms with Crippen LogP contribution in [0.5, 0.6) is 0 Å². The molecule has 114 valence electrons. The molecule has 2 fully saturated rings. The summed E-state index contributed by atoms with van der Waals surface area (Å²) in [6.45, 7) is 10.0. The third-order valence-corrected chi connectivity index (χ3v) is 5.02. The SMILES string of the molecule is CCC1C(=O)N2CCCCC2C(=O)N1CC(C)C(C)C. The number of amides is 2. The van der Waals surface area contributed by atoms with Crippen LogP contribution in [0.25, 0.3) is 0 Å². The van der Waals surface area contributed by atoms with Gasteiger partial charge in [-0.1, -0.05) is 27.7 Å². The van der Waals surface area contributed by atoms with Gasteiger partial charge in [-0.05, 0) is 37.5 Å². The molecule has 4 heteroatoms. The Kier molecular flexibility index (Phi) is 4.71. The molecule has 2 aliphatic rings. The molecule has 2 heterocycles. The lowest BCUT2D eigenvalue weighted by Gasteiger charge is -2.47. The zero-order chi connectivity index (χ0) is 14.9. The number of nitrogens with zero attached hydrogens (tertiary/aromatic N) is 2. The first-order valence-corrected chi connectivity index (χ1v) is 8.08. The Morgan fingerprint density at radius 2 is 1.85 bits per heavy atom. The fraction of sp³-hybridized carbons (Fsp3) is 0.875. The Labute approximate surface area is 122 Å². The number of carbonyl (C=O) groups excluding carboxylic acids is 2. The van der Waals surface area contributed by atoms with Crippen molar-refractivity contribution in [3.8, 4) is 0 Å². The summed E-state index contributed by atoms with van der Waals surface area (Å²) in [4.78, 5) is 29.1. The van der Waals surface area contributed by atoms with E-state index in [1.54, 1.807) is 0 Å². The standard InChI is InChI=1S/C16H28N2O2/c1-5-13-15(19)17-9-7-6-8-14(17)16(20)18(13)10-12(4)11(2)3/h11-14H,5-10H2,1-4H3. The first-order chi connectivity index (χ1) is 9.47. The zero-order valence-electron chi connectivity index (χ0n) is 13.3. The van der Waals surface area contributed by atoms with Gasteiger partial charge in [-0.15, -0.1) is 0 Å². The van der Waals surface area contributed by atoms with Crippen LogP contribution in [0, 0.1) is 11.8 Å². The number of carbonyl (C=O) groups is 2. The lowest BCUT2D eigenvalue weighted by atomic mass is 9.91. The second-order valence-corrected chi connectivity index (χ2v) is 6.68. The zero-order valence-corrected chi connectivity index (χ0v) is 13.3. The second-order valence-electron chi connectivity index (χ2n) is 6.68. The van der Waals surface area contributed by atoms with Crippen molar-refractivity contribution in [2.45, 2.75) is 65.5 Å². The molecule has 2 aliphatic heterocycles. The molecule has 0 aromatic rings. The van der Waals surface area contributed by atoms with Crippen LogP contribution in [0.4, 0.5) is 0 Å². The highest BCUT2D eigenvalue weighted by molar-refractivity contribution is 5.97. The van der Waals surface area contributed by atoms with Crippen molar-refractivity contribution in [3.63, 3.8) is 0 Å². The lowest BCUT2D eigenvalue weighted by Crippen LogP contribution is -2.66. The van der Waals surface area contributed by atoms with Gasteiger partial charge in [-0.25, -0.2) is 0 Å². The Morgan fingerprint density at radius 3 is 2.45 bits per heavy atom. The molecule has 2 rings (SSSR count). The molecule has 4 nitrogen and oxygen atoms in total. The van der Waals surface area contributed by atoms with Crippen LogP contribution >= 0.6 is 0 Å². The maximum Gasteiger partial charge on any atom is 0.246 e. The predicted octanol–water partition coefficient (Wildman–Crippen LogP) is 2.28. The van der Waals surface area contributed by atoms with E-state index < -0.39 is 0 Å². The van der Waals surface area contributed by atoms with Gasteiger partial charge < -0.3 is 9.80 Å². The van der Waals surface area contributed by atoms with Gasteiger partial charge in [0, 0.05) is 13.1 Å². The van der Waals surface area contributed by atoms with E-state index in [1.165, 1.54) is 0 Å². The first kappa shape index (κ1) is 15.3. The average Bonchev–Trinajstić information content (AvgIpc) is 2.44. The van der Waals surface area contributed by atoms with E-state index in [1.807, 2.05) is 16.7 Å². The predicted molar refractivity (Wildman–Crippen MR) is 79.1 cm³/mol. The summed E-state index contributed by atoms with van der Waals surface area (Å²) in [5.74, 6) is 1.31. The molecule has 2 saturated heterocycles. The van der Waals surface area contributed by atoms with E-state index in [0.717, 1.165) is 32.2 Å². The van der Waals surface area contributed by atoms with Crippen LogP contribution in [-0.4, -0.2) is 46.8 Å². The molecule has 0 bridgehead atoms. The van der Waals surface area contributed by atoms with Crippen molar-refractivity contribution in [1.82, 2.24) is 9.80 Å². The van der Waals surface area contributed by atoms with Crippen molar-refractivity contribution in [2.75, 3.05) is 13.1 Å². The lowest BCUT2D eigenvalue weighted by molar-refractivity contribution is -0.164. The van der Waals surface area contributed by atoms with Crippen molar-refractivity contribution in [1.29, 1.82) is 0 Å². The third kappa shape index (κ3) is 2.70. The summed E-state index contributed by atoms with van der Waals surface area (Å²) in [6.07, 6.45) is 3.66. The number of rotatable bonds is 4. The van der Waals surface area contributed by atoms with Crippen molar-refractivity contribution < 1.29 is 9.59 Å². The van der Waals surface area contributed by atoms with Crippen LogP contribution in [0.2, 0.25) is 0 Å². The smallest absolute Gasteiger partial charge is 0.246 e. The van der Waals surface area contributed by atoms with Crippen LogP contribution in [0.1, 0.15) is 53.4 Å². The molecular weight excluding hydrogens is 252 g/mol. The van der Waals surface area contributed by atoms with E-state index in [4.69, 9.17) is 0 Å². The van der Waals surface area contributed by atoms with E-state index >= 15 is 0 Å². The van der Waals surface area contributed by atoms with Crippen molar-refractivity contribution in [3.05, 3.63) is 0 Å². The Morgan fingerprint density at radius 1 is 1.15 bits per heavy atom. The molecule has 3 unspecified atom stereocenters. The largest absolute Gasteiger partial charge is 0.329 e. The van der Waals surface area contributed by atoms with Gasteiger partial charge in [0.15, 0.2) is 0 Å². The average molecular weight is 280 g/mol. The molecule has 0 aromatic carbocycles. The molecule has 0 aliphatic carbocycles. The molecule has 3 atom stereocenters. The van der Waals surface area contributed by atoms with Crippen LogP contribution in [0.15, 0.2) is 0 Å². The monoisotopic (exact) mass is 280 g/mol. The van der Waals surface area contributed by atoms with E-state index in [-0.39, 0.29) is 23.9 Å². The van der Waals surface area contributed by atoms with Gasteiger partial charge in [0.2, 0.25) is 11.8 Å². The number of piperazine rings is 1. The van der Waals surface area contributed by atoms with Gasteiger partial charge in [0.25, 0.3) is 0 Å². The number of fused-ring (bicyclic) bond motifs is 1. The van der Waals surface area contributed by atoms with E-state index in [9.17, 15) is 9.59 Å². The highest BCUT2D eigenvalue weighted by Crippen LogP contribution is 2.28. The summed E-state index contributed by atoms with van der Waals surface area (Å²) in [7, 11) is 0. The molecule has 0 saturated carbocycles. The second kappa shape index (κ2) is 6.15. The van der Waals surface area contributed by atoms with Crippen LogP contribution in [-0.2, 0) is 9.59 Å². The van der Waals surface area contributed by atoms with Gasteiger partial charge in [-0.2, -0.15) is 0 Å². The maximum atomic E-state index is 12.8. The molecular formula is C16H28N2O2. The van der Waals surface area contributed by atoms with Gasteiger partial charge >= 0.3 is 0 Å². The normalized spacial score (nSPS) is 28.9. The molecule has 0 N–H and O–H groups in total.